The molecule has 41 heavy (non-hydrogen) atoms. The Morgan fingerprint density at radius 1 is 1.10 bits per heavy atom. The summed E-state index contributed by atoms with van der Waals surface area (Å²) >= 11 is 0. The number of benzene rings is 3. The number of carboxylic acids is 1. The maximum absolute atomic E-state index is 11.6. The fraction of sp³-hybridized carbons (Fsp3) is 0.394. The first-order valence-corrected chi connectivity index (χ1v) is 14.4. The number of ether oxygens (including phenoxy) is 3. The predicted molar refractivity (Wildman–Crippen MR) is 157 cm³/mol. The van der Waals surface area contributed by atoms with E-state index in [2.05, 4.69) is 52.8 Å². The summed E-state index contributed by atoms with van der Waals surface area (Å²) in [4.78, 5) is 18.9. The Morgan fingerprint density at radius 2 is 1.88 bits per heavy atom. The van der Waals surface area contributed by atoms with Crippen LogP contribution in [0.4, 0.5) is 0 Å². The molecule has 1 unspecified atom stereocenters. The summed E-state index contributed by atoms with van der Waals surface area (Å²) in [6, 6.07) is 19.8. The molecule has 8 heteroatoms. The van der Waals surface area contributed by atoms with Crippen LogP contribution in [0.15, 0.2) is 60.7 Å². The molecule has 3 aromatic carbocycles. The minimum Gasteiger partial charge on any atom is -0.478 e. The van der Waals surface area contributed by atoms with E-state index in [0.717, 1.165) is 66.3 Å². The fourth-order valence-electron chi connectivity index (χ4n) is 6.09. The number of methoxy groups -OCH3 is 1. The van der Waals surface area contributed by atoms with Crippen molar-refractivity contribution in [2.45, 2.75) is 57.9 Å². The third-order valence-corrected chi connectivity index (χ3v) is 8.48. The van der Waals surface area contributed by atoms with Gasteiger partial charge in [0, 0.05) is 31.7 Å². The Bertz CT molecular complexity index is 1560. The average molecular weight is 556 g/mol. The molecule has 8 nitrogen and oxygen atoms in total. The first-order chi connectivity index (χ1) is 19.9. The van der Waals surface area contributed by atoms with Crippen LogP contribution in [0.25, 0.3) is 11.0 Å². The number of para-hydroxylation sites is 1. The summed E-state index contributed by atoms with van der Waals surface area (Å²) in [5.74, 6) is 1.20. The van der Waals surface area contributed by atoms with Crippen LogP contribution in [0.2, 0.25) is 0 Å². The Balaban J connectivity index is 1.17. The predicted octanol–water partition coefficient (Wildman–Crippen LogP) is 5.97. The zero-order valence-corrected chi connectivity index (χ0v) is 23.9. The van der Waals surface area contributed by atoms with Crippen molar-refractivity contribution in [2.24, 2.45) is 0 Å². The van der Waals surface area contributed by atoms with Gasteiger partial charge in [-0.05, 0) is 68.1 Å². The molecular weight excluding hydrogens is 518 g/mol. The van der Waals surface area contributed by atoms with E-state index >= 15 is 0 Å². The van der Waals surface area contributed by atoms with Crippen LogP contribution in [0.1, 0.15) is 65.5 Å². The van der Waals surface area contributed by atoms with Crippen molar-refractivity contribution in [1.29, 1.82) is 0 Å². The number of hydrogen-bond acceptors (Lipinski definition) is 6. The molecule has 0 spiro atoms. The van der Waals surface area contributed by atoms with E-state index in [4.69, 9.17) is 19.2 Å². The molecule has 0 amide bonds. The van der Waals surface area contributed by atoms with E-state index in [1.165, 1.54) is 11.1 Å². The molecule has 0 bridgehead atoms. The molecule has 2 aliphatic heterocycles. The lowest BCUT2D eigenvalue weighted by atomic mass is 9.88. The lowest BCUT2D eigenvalue weighted by Gasteiger charge is -2.32. The Kier molecular flexibility index (Phi) is 7.45. The summed E-state index contributed by atoms with van der Waals surface area (Å²) in [5.41, 5.74) is 5.42. The van der Waals surface area contributed by atoms with Crippen molar-refractivity contribution in [3.05, 3.63) is 88.7 Å². The Hall–Kier alpha value is -3.88. The van der Waals surface area contributed by atoms with Gasteiger partial charge in [0.05, 0.1) is 29.7 Å². The highest BCUT2D eigenvalue weighted by Gasteiger charge is 2.41. The summed E-state index contributed by atoms with van der Waals surface area (Å²) in [6.45, 7) is 7.86. The normalized spacial score (nSPS) is 19.2. The van der Waals surface area contributed by atoms with Crippen molar-refractivity contribution >= 4 is 17.0 Å². The Morgan fingerprint density at radius 3 is 2.59 bits per heavy atom. The minimum atomic E-state index is -0.938. The molecular formula is C33H37N3O5. The fourth-order valence-corrected chi connectivity index (χ4v) is 6.09. The standard InChI is InChI=1S/C33H37N3O5/c1-4-22-8-11-25(12-9-22)33(2)40-29-7-5-6-26(31(29)41-33)23-14-16-35(17-15-23)21-30-34-27-13-10-24(32(37)38)20-28(27)36(30)18-19-39-3/h5-13,20,23H,4,14-19,21H2,1-3H3,(H,37,38). The third-order valence-electron chi connectivity index (χ3n) is 8.48. The molecule has 0 saturated carbocycles. The number of hydrogen-bond donors (Lipinski definition) is 1. The summed E-state index contributed by atoms with van der Waals surface area (Å²) in [7, 11) is 1.67. The second kappa shape index (κ2) is 11.2. The van der Waals surface area contributed by atoms with E-state index < -0.39 is 11.8 Å². The number of aromatic nitrogens is 2. The summed E-state index contributed by atoms with van der Waals surface area (Å²) < 4.78 is 20.4. The van der Waals surface area contributed by atoms with Gasteiger partial charge < -0.3 is 23.9 Å². The van der Waals surface area contributed by atoms with Crippen LogP contribution in [-0.4, -0.2) is 52.3 Å². The molecule has 2 aliphatic rings. The zero-order valence-electron chi connectivity index (χ0n) is 23.9. The first kappa shape index (κ1) is 27.3. The largest absolute Gasteiger partial charge is 0.478 e. The molecule has 3 heterocycles. The van der Waals surface area contributed by atoms with Crippen LogP contribution < -0.4 is 9.47 Å². The van der Waals surface area contributed by atoms with Gasteiger partial charge in [0.1, 0.15) is 5.82 Å². The maximum atomic E-state index is 11.6. The topological polar surface area (TPSA) is 86.1 Å². The number of imidazole rings is 1. The van der Waals surface area contributed by atoms with Crippen molar-refractivity contribution in [1.82, 2.24) is 14.5 Å². The number of carboxylic acid groups (broad SMARTS) is 1. The number of likely N-dealkylation sites (tertiary alicyclic amines) is 1. The van der Waals surface area contributed by atoms with Crippen LogP contribution in [0.5, 0.6) is 11.5 Å². The van der Waals surface area contributed by atoms with Gasteiger partial charge in [-0.1, -0.05) is 43.3 Å². The molecule has 1 atom stereocenters. The van der Waals surface area contributed by atoms with Gasteiger partial charge >= 0.3 is 5.97 Å². The second-order valence-corrected chi connectivity index (χ2v) is 11.1. The summed E-state index contributed by atoms with van der Waals surface area (Å²) in [6.07, 6.45) is 3.01. The lowest BCUT2D eigenvalue weighted by Crippen LogP contribution is -2.34. The van der Waals surface area contributed by atoms with Crippen molar-refractivity contribution < 1.29 is 24.1 Å². The summed E-state index contributed by atoms with van der Waals surface area (Å²) in [5, 5.41) is 9.48. The first-order valence-electron chi connectivity index (χ1n) is 14.4. The number of nitrogens with zero attached hydrogens (tertiary/aromatic N) is 3. The molecule has 214 valence electrons. The molecule has 0 aliphatic carbocycles. The van der Waals surface area contributed by atoms with Gasteiger partial charge in [-0.2, -0.15) is 0 Å². The monoisotopic (exact) mass is 555 g/mol. The lowest BCUT2D eigenvalue weighted by molar-refractivity contribution is -0.0685. The smallest absolute Gasteiger partial charge is 0.335 e. The Labute approximate surface area is 240 Å². The molecule has 1 aromatic heterocycles. The van der Waals surface area contributed by atoms with Crippen molar-refractivity contribution in [3.8, 4) is 11.5 Å². The third kappa shape index (κ3) is 5.29. The maximum Gasteiger partial charge on any atom is 0.335 e. The molecule has 1 saturated heterocycles. The molecule has 1 fully saturated rings. The van der Waals surface area contributed by atoms with Crippen molar-refractivity contribution in [3.63, 3.8) is 0 Å². The number of rotatable bonds is 9. The van der Waals surface area contributed by atoms with Crippen molar-refractivity contribution in [2.75, 3.05) is 26.8 Å². The van der Waals surface area contributed by atoms with E-state index in [1.54, 1.807) is 25.3 Å². The van der Waals surface area contributed by atoms with Gasteiger partial charge in [0.2, 0.25) is 0 Å². The quantitative estimate of drug-likeness (QED) is 0.272. The highest BCUT2D eigenvalue weighted by molar-refractivity contribution is 5.92. The van der Waals surface area contributed by atoms with Gasteiger partial charge in [-0.3, -0.25) is 4.90 Å². The number of carbonyl (C=O) groups is 1. The highest BCUT2D eigenvalue weighted by atomic mass is 16.7. The zero-order chi connectivity index (χ0) is 28.6. The molecule has 0 radical (unpaired) electrons. The molecule has 1 N–H and O–H groups in total. The van der Waals surface area contributed by atoms with Gasteiger partial charge in [-0.15, -0.1) is 0 Å². The van der Waals surface area contributed by atoms with Crippen LogP contribution in [0, 0.1) is 0 Å². The number of aryl methyl sites for hydroxylation is 1. The SMILES string of the molecule is CCc1ccc(C2(C)Oc3cccc(C4CCN(Cc5nc6ccc(C(=O)O)cc6n5CCOC)CC4)c3O2)cc1. The van der Waals surface area contributed by atoms with Crippen LogP contribution in [-0.2, 0) is 30.0 Å². The minimum absolute atomic E-state index is 0.263. The number of piperidine rings is 1. The second-order valence-electron chi connectivity index (χ2n) is 11.1. The van der Waals surface area contributed by atoms with E-state index in [-0.39, 0.29) is 5.56 Å². The molecule has 4 aromatic rings. The van der Waals surface area contributed by atoms with Gasteiger partial charge in [0.15, 0.2) is 11.5 Å². The van der Waals surface area contributed by atoms with E-state index in [9.17, 15) is 9.90 Å². The van der Waals surface area contributed by atoms with Crippen LogP contribution in [0.3, 0.4) is 0 Å². The van der Waals surface area contributed by atoms with Gasteiger partial charge in [-0.25, -0.2) is 9.78 Å². The van der Waals surface area contributed by atoms with E-state index in [1.807, 2.05) is 13.0 Å². The van der Waals surface area contributed by atoms with Gasteiger partial charge in [0.25, 0.3) is 5.79 Å². The van der Waals surface area contributed by atoms with E-state index in [0.29, 0.717) is 25.6 Å². The highest BCUT2D eigenvalue weighted by Crippen LogP contribution is 2.49. The molecule has 6 rings (SSSR count). The average Bonchev–Trinajstić information content (AvgIpc) is 3.52. The number of fused-ring (bicyclic) bond motifs is 2. The van der Waals surface area contributed by atoms with Crippen LogP contribution >= 0.6 is 0 Å². The number of aromatic carboxylic acids is 1.